The number of aryl methyl sites for hydroxylation is 2. The van der Waals surface area contributed by atoms with Gasteiger partial charge in [-0.1, -0.05) is 13.0 Å². The number of halogens is 1. The standard InChI is InChI=1S/C20H23FN2O5/c1-6-15-16(19(25)27-5)11(3)17(23-15)20(26)28-12(4)18(24)22-13-8-7-10(2)14(21)9-13/h7-9,12,23H,6H2,1-5H3,(H,22,24). The number of hydrogen-bond acceptors (Lipinski definition) is 5. The summed E-state index contributed by atoms with van der Waals surface area (Å²) in [5.74, 6) is -2.39. The van der Waals surface area contributed by atoms with E-state index < -0.39 is 29.8 Å². The summed E-state index contributed by atoms with van der Waals surface area (Å²) in [4.78, 5) is 39.5. The molecule has 0 fully saturated rings. The fraction of sp³-hybridized carbons (Fsp3) is 0.350. The first kappa shape index (κ1) is 21.1. The van der Waals surface area contributed by atoms with Gasteiger partial charge in [-0.05, 0) is 50.5 Å². The zero-order valence-electron chi connectivity index (χ0n) is 16.4. The van der Waals surface area contributed by atoms with Crippen molar-refractivity contribution in [1.29, 1.82) is 0 Å². The lowest BCUT2D eigenvalue weighted by atomic mass is 10.1. The van der Waals surface area contributed by atoms with Crippen molar-refractivity contribution in [2.24, 2.45) is 0 Å². The summed E-state index contributed by atoms with van der Waals surface area (Å²) >= 11 is 0. The number of aromatic nitrogens is 1. The molecule has 0 aliphatic carbocycles. The number of aromatic amines is 1. The van der Waals surface area contributed by atoms with Crippen molar-refractivity contribution in [2.75, 3.05) is 12.4 Å². The molecule has 1 amide bonds. The van der Waals surface area contributed by atoms with Gasteiger partial charge >= 0.3 is 11.9 Å². The van der Waals surface area contributed by atoms with Crippen molar-refractivity contribution in [3.63, 3.8) is 0 Å². The van der Waals surface area contributed by atoms with Gasteiger partial charge in [0, 0.05) is 11.4 Å². The summed E-state index contributed by atoms with van der Waals surface area (Å²) in [6.45, 7) is 6.43. The van der Waals surface area contributed by atoms with E-state index >= 15 is 0 Å². The molecule has 0 saturated heterocycles. The Morgan fingerprint density at radius 3 is 2.46 bits per heavy atom. The molecule has 1 heterocycles. The number of benzene rings is 1. The molecule has 2 rings (SSSR count). The number of H-pyrrole nitrogens is 1. The van der Waals surface area contributed by atoms with E-state index in [-0.39, 0.29) is 16.9 Å². The summed E-state index contributed by atoms with van der Waals surface area (Å²) in [6, 6.07) is 4.27. The fourth-order valence-corrected chi connectivity index (χ4v) is 2.69. The Morgan fingerprint density at radius 2 is 1.89 bits per heavy atom. The second-order valence-electron chi connectivity index (χ2n) is 6.32. The molecule has 150 valence electrons. The van der Waals surface area contributed by atoms with Crippen LogP contribution >= 0.6 is 0 Å². The highest BCUT2D eigenvalue weighted by atomic mass is 19.1. The number of carbonyl (C=O) groups excluding carboxylic acids is 3. The SMILES string of the molecule is CCc1[nH]c(C(=O)OC(C)C(=O)Nc2ccc(C)c(F)c2)c(C)c1C(=O)OC. The van der Waals surface area contributed by atoms with E-state index in [1.165, 1.54) is 26.2 Å². The number of methoxy groups -OCH3 is 1. The fourth-order valence-electron chi connectivity index (χ4n) is 2.69. The molecular formula is C20H23FN2O5. The molecule has 1 aromatic heterocycles. The number of rotatable bonds is 6. The van der Waals surface area contributed by atoms with Crippen molar-refractivity contribution in [3.8, 4) is 0 Å². The molecule has 8 heteroatoms. The average molecular weight is 390 g/mol. The molecule has 0 radical (unpaired) electrons. The number of amides is 1. The van der Waals surface area contributed by atoms with Gasteiger partial charge in [-0.2, -0.15) is 0 Å². The number of esters is 2. The number of nitrogens with one attached hydrogen (secondary N) is 2. The molecule has 7 nitrogen and oxygen atoms in total. The number of carbonyl (C=O) groups is 3. The quantitative estimate of drug-likeness (QED) is 0.738. The van der Waals surface area contributed by atoms with Crippen LogP contribution in [0.2, 0.25) is 0 Å². The van der Waals surface area contributed by atoms with Gasteiger partial charge < -0.3 is 19.8 Å². The Kier molecular flexibility index (Phi) is 6.56. The summed E-state index contributed by atoms with van der Waals surface area (Å²) in [5, 5.41) is 2.50. The van der Waals surface area contributed by atoms with Gasteiger partial charge in [0.1, 0.15) is 11.5 Å². The minimum atomic E-state index is -1.13. The van der Waals surface area contributed by atoms with Gasteiger partial charge in [0.2, 0.25) is 0 Å². The first-order valence-electron chi connectivity index (χ1n) is 8.77. The topological polar surface area (TPSA) is 97.5 Å². The normalized spacial score (nSPS) is 11.6. The third kappa shape index (κ3) is 4.39. The van der Waals surface area contributed by atoms with E-state index in [0.29, 0.717) is 23.2 Å². The smallest absolute Gasteiger partial charge is 0.355 e. The van der Waals surface area contributed by atoms with Crippen LogP contribution in [0.3, 0.4) is 0 Å². The van der Waals surface area contributed by atoms with Crippen LogP contribution in [0, 0.1) is 19.7 Å². The molecule has 0 aliphatic rings. The number of hydrogen-bond donors (Lipinski definition) is 2. The highest BCUT2D eigenvalue weighted by molar-refractivity contribution is 6.00. The predicted molar refractivity (Wildman–Crippen MR) is 101 cm³/mol. The van der Waals surface area contributed by atoms with Gasteiger partial charge in [-0.15, -0.1) is 0 Å². The van der Waals surface area contributed by atoms with Crippen LogP contribution in [0.25, 0.3) is 0 Å². The largest absolute Gasteiger partial charge is 0.465 e. The van der Waals surface area contributed by atoms with E-state index in [2.05, 4.69) is 10.3 Å². The average Bonchev–Trinajstić information content (AvgIpc) is 3.00. The van der Waals surface area contributed by atoms with Gasteiger partial charge in [0.15, 0.2) is 6.10 Å². The van der Waals surface area contributed by atoms with Crippen molar-refractivity contribution in [2.45, 2.75) is 40.2 Å². The van der Waals surface area contributed by atoms with E-state index in [0.717, 1.165) is 0 Å². The van der Waals surface area contributed by atoms with Crippen molar-refractivity contribution >= 4 is 23.5 Å². The minimum absolute atomic E-state index is 0.0817. The minimum Gasteiger partial charge on any atom is -0.465 e. The van der Waals surface area contributed by atoms with Crippen LogP contribution in [0.1, 0.15) is 51.5 Å². The van der Waals surface area contributed by atoms with Gasteiger partial charge in [0.25, 0.3) is 5.91 Å². The molecule has 0 spiro atoms. The number of anilines is 1. The Morgan fingerprint density at radius 1 is 1.21 bits per heavy atom. The zero-order chi connectivity index (χ0) is 21.0. The maximum absolute atomic E-state index is 13.6. The van der Waals surface area contributed by atoms with Crippen molar-refractivity contribution in [1.82, 2.24) is 4.98 Å². The summed E-state index contributed by atoms with van der Waals surface area (Å²) < 4.78 is 23.6. The maximum atomic E-state index is 13.6. The lowest BCUT2D eigenvalue weighted by Gasteiger charge is -2.14. The third-order valence-electron chi connectivity index (χ3n) is 4.37. The Bertz CT molecular complexity index is 920. The Hall–Kier alpha value is -3.16. The Balaban J connectivity index is 2.13. The van der Waals surface area contributed by atoms with Crippen LogP contribution in [-0.2, 0) is 20.7 Å². The van der Waals surface area contributed by atoms with Crippen LogP contribution in [0.4, 0.5) is 10.1 Å². The molecule has 0 bridgehead atoms. The van der Waals surface area contributed by atoms with Gasteiger partial charge in [-0.3, -0.25) is 4.79 Å². The molecule has 1 unspecified atom stereocenters. The van der Waals surface area contributed by atoms with Gasteiger partial charge in [-0.25, -0.2) is 14.0 Å². The van der Waals surface area contributed by atoms with Crippen molar-refractivity contribution in [3.05, 3.63) is 52.1 Å². The summed E-state index contributed by atoms with van der Waals surface area (Å²) in [6.07, 6.45) is -0.653. The molecule has 2 N–H and O–H groups in total. The first-order valence-corrected chi connectivity index (χ1v) is 8.77. The molecule has 1 atom stereocenters. The lowest BCUT2D eigenvalue weighted by molar-refractivity contribution is -0.123. The Labute approximate surface area is 162 Å². The predicted octanol–water partition coefficient (Wildman–Crippen LogP) is 3.30. The zero-order valence-corrected chi connectivity index (χ0v) is 16.4. The second-order valence-corrected chi connectivity index (χ2v) is 6.32. The first-order chi connectivity index (χ1) is 13.2. The van der Waals surface area contributed by atoms with Crippen LogP contribution in [0.5, 0.6) is 0 Å². The highest BCUT2D eigenvalue weighted by Crippen LogP contribution is 2.21. The van der Waals surface area contributed by atoms with E-state index in [9.17, 15) is 18.8 Å². The molecule has 2 aromatic rings. The molecule has 0 saturated carbocycles. The number of ether oxygens (including phenoxy) is 2. The second kappa shape index (κ2) is 8.69. The molecule has 1 aromatic carbocycles. The lowest BCUT2D eigenvalue weighted by Crippen LogP contribution is -2.30. The maximum Gasteiger partial charge on any atom is 0.355 e. The monoisotopic (exact) mass is 390 g/mol. The third-order valence-corrected chi connectivity index (χ3v) is 4.37. The summed E-state index contributed by atoms with van der Waals surface area (Å²) in [7, 11) is 1.26. The van der Waals surface area contributed by atoms with Gasteiger partial charge in [0.05, 0.1) is 12.7 Å². The van der Waals surface area contributed by atoms with Crippen LogP contribution in [0.15, 0.2) is 18.2 Å². The van der Waals surface area contributed by atoms with E-state index in [1.807, 2.05) is 6.92 Å². The van der Waals surface area contributed by atoms with Crippen LogP contribution in [-0.4, -0.2) is 36.0 Å². The summed E-state index contributed by atoms with van der Waals surface area (Å²) in [5.41, 5.74) is 2.01. The molecular weight excluding hydrogens is 367 g/mol. The van der Waals surface area contributed by atoms with Crippen LogP contribution < -0.4 is 5.32 Å². The van der Waals surface area contributed by atoms with Crippen molar-refractivity contribution < 1.29 is 28.2 Å². The molecule has 28 heavy (non-hydrogen) atoms. The molecule has 0 aliphatic heterocycles. The van der Waals surface area contributed by atoms with E-state index in [1.54, 1.807) is 19.9 Å². The highest BCUT2D eigenvalue weighted by Gasteiger charge is 2.27. The van der Waals surface area contributed by atoms with E-state index in [4.69, 9.17) is 9.47 Å².